The maximum atomic E-state index is 5.51. The first-order valence-electron chi connectivity index (χ1n) is 5.64. The van der Waals surface area contributed by atoms with Crippen LogP contribution < -0.4 is 10.6 Å². The molecule has 0 bridgehead atoms. The van der Waals surface area contributed by atoms with Gasteiger partial charge >= 0.3 is 0 Å². The highest BCUT2D eigenvalue weighted by Gasteiger charge is 2.17. The molecule has 16 heavy (non-hydrogen) atoms. The minimum Gasteiger partial charge on any atom is -0.376 e. The van der Waals surface area contributed by atoms with E-state index in [0.717, 1.165) is 43.1 Å². The number of hydrogen-bond acceptors (Lipinski definition) is 5. The molecule has 1 aliphatic rings. The fourth-order valence-electron chi connectivity index (χ4n) is 1.91. The van der Waals surface area contributed by atoms with E-state index in [1.165, 1.54) is 0 Å². The molecule has 0 atom stereocenters. The molecule has 0 aromatic carbocycles. The summed E-state index contributed by atoms with van der Waals surface area (Å²) in [5.74, 6) is 0.984. The first-order valence-corrected chi connectivity index (χ1v) is 5.64. The van der Waals surface area contributed by atoms with Crippen LogP contribution in [0.5, 0.6) is 0 Å². The van der Waals surface area contributed by atoms with Crippen molar-refractivity contribution in [2.45, 2.75) is 19.4 Å². The number of anilines is 1. The summed E-state index contributed by atoms with van der Waals surface area (Å²) in [5.41, 5.74) is 7.76. The minimum atomic E-state index is 0.623. The fourth-order valence-corrected chi connectivity index (χ4v) is 1.91. The zero-order chi connectivity index (χ0) is 11.4. The molecule has 2 rings (SSSR count). The van der Waals surface area contributed by atoms with Crippen LogP contribution in [0.1, 0.15) is 17.7 Å². The van der Waals surface area contributed by atoms with Crippen LogP contribution in [0.2, 0.25) is 0 Å². The van der Waals surface area contributed by atoms with E-state index in [4.69, 9.17) is 10.5 Å². The van der Waals surface area contributed by atoms with Gasteiger partial charge in [0.15, 0.2) is 0 Å². The normalized spacial score (nSPS) is 14.6. The van der Waals surface area contributed by atoms with E-state index in [-0.39, 0.29) is 0 Å². The number of fused-ring (bicyclic) bond motifs is 1. The van der Waals surface area contributed by atoms with Crippen molar-refractivity contribution in [2.24, 2.45) is 5.73 Å². The maximum absolute atomic E-state index is 5.51. The van der Waals surface area contributed by atoms with Gasteiger partial charge in [-0.3, -0.25) is 0 Å². The molecule has 88 valence electrons. The molecule has 1 aromatic heterocycles. The first-order chi connectivity index (χ1) is 7.83. The molecule has 5 nitrogen and oxygen atoms in total. The summed E-state index contributed by atoms with van der Waals surface area (Å²) in [6.45, 7) is 3.00. The van der Waals surface area contributed by atoms with Crippen molar-refractivity contribution < 1.29 is 4.74 Å². The third kappa shape index (κ3) is 2.31. The molecule has 0 amide bonds. The van der Waals surface area contributed by atoms with Gasteiger partial charge in [0.25, 0.3) is 0 Å². The van der Waals surface area contributed by atoms with Crippen LogP contribution >= 0.6 is 0 Å². The number of nitrogens with two attached hydrogens (primary N) is 1. The second kappa shape index (κ2) is 5.23. The van der Waals surface area contributed by atoms with Crippen molar-refractivity contribution in [2.75, 3.05) is 31.6 Å². The molecule has 0 saturated carbocycles. The molecule has 1 aromatic rings. The first kappa shape index (κ1) is 11.3. The fraction of sp³-hybridized carbons (Fsp3) is 0.636. The van der Waals surface area contributed by atoms with E-state index >= 15 is 0 Å². The lowest BCUT2D eigenvalue weighted by Gasteiger charge is -2.24. The van der Waals surface area contributed by atoms with Crippen molar-refractivity contribution >= 4 is 5.82 Å². The number of aromatic nitrogens is 2. The Labute approximate surface area is 95.6 Å². The Morgan fingerprint density at radius 3 is 3.19 bits per heavy atom. The van der Waals surface area contributed by atoms with Gasteiger partial charge in [-0.05, 0) is 13.0 Å². The second-order valence-electron chi connectivity index (χ2n) is 3.99. The lowest BCUT2D eigenvalue weighted by molar-refractivity contribution is 0.109. The van der Waals surface area contributed by atoms with E-state index in [1.54, 1.807) is 6.33 Å². The van der Waals surface area contributed by atoms with E-state index < -0.39 is 0 Å². The molecule has 2 N–H and O–H groups in total. The van der Waals surface area contributed by atoms with Gasteiger partial charge in [-0.25, -0.2) is 9.97 Å². The van der Waals surface area contributed by atoms with Gasteiger partial charge in [0, 0.05) is 25.6 Å². The van der Waals surface area contributed by atoms with Gasteiger partial charge in [-0.15, -0.1) is 0 Å². The average molecular weight is 222 g/mol. The van der Waals surface area contributed by atoms with Crippen LogP contribution in [0, 0.1) is 0 Å². The van der Waals surface area contributed by atoms with Crippen LogP contribution in [0.25, 0.3) is 0 Å². The van der Waals surface area contributed by atoms with Crippen LogP contribution in [0.15, 0.2) is 6.33 Å². The topological polar surface area (TPSA) is 64.3 Å². The predicted octanol–water partition coefficient (Wildman–Crippen LogP) is 0.334. The summed E-state index contributed by atoms with van der Waals surface area (Å²) in [4.78, 5) is 10.8. The summed E-state index contributed by atoms with van der Waals surface area (Å²) in [6.07, 6.45) is 3.49. The number of ether oxygens (including phenoxy) is 1. The van der Waals surface area contributed by atoms with Gasteiger partial charge in [0.05, 0.1) is 18.9 Å². The van der Waals surface area contributed by atoms with Gasteiger partial charge in [-0.2, -0.15) is 0 Å². The van der Waals surface area contributed by atoms with E-state index in [0.29, 0.717) is 13.2 Å². The maximum Gasteiger partial charge on any atom is 0.137 e. The molecule has 2 heterocycles. The standard InChI is InChI=1S/C11H18N4O/c1-15(5-2-4-12)11-9-7-16-6-3-10(9)13-8-14-11/h8H,2-7,12H2,1H3. The van der Waals surface area contributed by atoms with Crippen molar-refractivity contribution in [1.82, 2.24) is 9.97 Å². The van der Waals surface area contributed by atoms with Crippen molar-refractivity contribution in [3.8, 4) is 0 Å². The van der Waals surface area contributed by atoms with Crippen molar-refractivity contribution in [3.05, 3.63) is 17.6 Å². The highest BCUT2D eigenvalue weighted by Crippen LogP contribution is 2.23. The minimum absolute atomic E-state index is 0.623. The summed E-state index contributed by atoms with van der Waals surface area (Å²) >= 11 is 0. The third-order valence-corrected chi connectivity index (χ3v) is 2.80. The molecular formula is C11H18N4O. The molecule has 0 unspecified atom stereocenters. The molecule has 0 fully saturated rings. The monoisotopic (exact) mass is 222 g/mol. The van der Waals surface area contributed by atoms with E-state index in [1.807, 2.05) is 7.05 Å². The average Bonchev–Trinajstić information content (AvgIpc) is 2.35. The van der Waals surface area contributed by atoms with Gasteiger partial charge in [-0.1, -0.05) is 0 Å². The van der Waals surface area contributed by atoms with E-state index in [2.05, 4.69) is 14.9 Å². The zero-order valence-electron chi connectivity index (χ0n) is 9.65. The molecule has 0 aliphatic carbocycles. The molecule has 0 saturated heterocycles. The third-order valence-electron chi connectivity index (χ3n) is 2.80. The Morgan fingerprint density at radius 1 is 1.50 bits per heavy atom. The summed E-state index contributed by atoms with van der Waals surface area (Å²) in [6, 6.07) is 0. The lowest BCUT2D eigenvalue weighted by Crippen LogP contribution is -2.25. The largest absolute Gasteiger partial charge is 0.376 e. The van der Waals surface area contributed by atoms with Crippen molar-refractivity contribution in [3.63, 3.8) is 0 Å². The number of nitrogens with zero attached hydrogens (tertiary/aromatic N) is 3. The SMILES string of the molecule is CN(CCCN)c1ncnc2c1COCC2. The quantitative estimate of drug-likeness (QED) is 0.795. The van der Waals surface area contributed by atoms with Crippen LogP contribution in [0.3, 0.4) is 0 Å². The zero-order valence-corrected chi connectivity index (χ0v) is 9.65. The lowest BCUT2D eigenvalue weighted by atomic mass is 10.1. The summed E-state index contributed by atoms with van der Waals surface area (Å²) in [7, 11) is 2.03. The van der Waals surface area contributed by atoms with E-state index in [9.17, 15) is 0 Å². The molecule has 1 aliphatic heterocycles. The Kier molecular flexibility index (Phi) is 3.69. The Balaban J connectivity index is 2.19. The Morgan fingerprint density at radius 2 is 2.38 bits per heavy atom. The number of hydrogen-bond donors (Lipinski definition) is 1. The molecular weight excluding hydrogens is 204 g/mol. The molecule has 0 radical (unpaired) electrons. The van der Waals surface area contributed by atoms with Gasteiger partial charge < -0.3 is 15.4 Å². The van der Waals surface area contributed by atoms with Crippen molar-refractivity contribution in [1.29, 1.82) is 0 Å². The van der Waals surface area contributed by atoms with Crippen LogP contribution in [0.4, 0.5) is 5.82 Å². The molecule has 5 heteroatoms. The predicted molar refractivity (Wildman–Crippen MR) is 62.3 cm³/mol. The van der Waals surface area contributed by atoms with Crippen LogP contribution in [-0.4, -0.2) is 36.7 Å². The number of rotatable bonds is 4. The second-order valence-corrected chi connectivity index (χ2v) is 3.99. The molecule has 0 spiro atoms. The van der Waals surface area contributed by atoms with Gasteiger partial charge in [0.2, 0.25) is 0 Å². The Bertz CT molecular complexity index is 356. The Hall–Kier alpha value is -1.20. The highest BCUT2D eigenvalue weighted by atomic mass is 16.5. The summed E-state index contributed by atoms with van der Waals surface area (Å²) in [5, 5.41) is 0. The van der Waals surface area contributed by atoms with Gasteiger partial charge in [0.1, 0.15) is 12.1 Å². The summed E-state index contributed by atoms with van der Waals surface area (Å²) < 4.78 is 5.46. The smallest absolute Gasteiger partial charge is 0.137 e. The highest BCUT2D eigenvalue weighted by molar-refractivity contribution is 5.48. The van der Waals surface area contributed by atoms with Crippen LogP contribution in [-0.2, 0) is 17.8 Å².